The number of alkyl halides is 6. The fraction of sp³-hybridized carbons (Fsp3) is 0.519. The quantitative estimate of drug-likeness (QED) is 0.210. The summed E-state index contributed by atoms with van der Waals surface area (Å²) < 4.78 is 98.7. The van der Waals surface area contributed by atoms with Crippen LogP contribution in [0, 0.1) is 5.92 Å². The van der Waals surface area contributed by atoms with Crippen molar-refractivity contribution in [3.8, 4) is 11.1 Å². The van der Waals surface area contributed by atoms with Gasteiger partial charge in [0, 0.05) is 5.92 Å². The molecule has 40 heavy (non-hydrogen) atoms. The second kappa shape index (κ2) is 14.5. The molecule has 1 fully saturated rings. The maximum absolute atomic E-state index is 13.2. The Balaban J connectivity index is 0.00000560. The predicted octanol–water partition coefficient (Wildman–Crippen LogP) is 7.27. The SMILES string of the molecule is C.O=C(NC(Cc1ccc(-c2ccccc2)cc1)C(O)P(=O)(OCC(F)(F)F)OCC(F)(F)F)C1CCCCC1. The van der Waals surface area contributed by atoms with Crippen molar-refractivity contribution in [1.29, 1.82) is 0 Å². The molecule has 224 valence electrons. The van der Waals surface area contributed by atoms with Gasteiger partial charge in [-0.25, -0.2) is 0 Å². The maximum Gasteiger partial charge on any atom is 0.412 e. The molecule has 1 aliphatic rings. The lowest BCUT2D eigenvalue weighted by atomic mass is 9.88. The molecule has 1 aliphatic carbocycles. The molecule has 0 heterocycles. The van der Waals surface area contributed by atoms with E-state index >= 15 is 0 Å². The Morgan fingerprint density at radius 1 is 0.875 bits per heavy atom. The highest BCUT2D eigenvalue weighted by molar-refractivity contribution is 7.54. The lowest BCUT2D eigenvalue weighted by molar-refractivity contribution is -0.167. The van der Waals surface area contributed by atoms with E-state index in [0.29, 0.717) is 18.4 Å². The predicted molar refractivity (Wildman–Crippen MR) is 138 cm³/mol. The third kappa shape index (κ3) is 10.5. The van der Waals surface area contributed by atoms with E-state index in [9.17, 15) is 40.8 Å². The summed E-state index contributed by atoms with van der Waals surface area (Å²) in [5.41, 5.74) is 2.20. The molecule has 2 N–H and O–H groups in total. The molecule has 2 unspecified atom stereocenters. The van der Waals surface area contributed by atoms with Crippen molar-refractivity contribution in [3.63, 3.8) is 0 Å². The topological polar surface area (TPSA) is 84.9 Å². The Kier molecular flexibility index (Phi) is 12.2. The highest BCUT2D eigenvalue weighted by atomic mass is 31.2. The van der Waals surface area contributed by atoms with Crippen molar-refractivity contribution in [2.24, 2.45) is 5.92 Å². The number of nitrogens with one attached hydrogen (secondary N) is 1. The molecule has 3 rings (SSSR count). The van der Waals surface area contributed by atoms with Crippen molar-refractivity contribution in [3.05, 3.63) is 60.2 Å². The van der Waals surface area contributed by atoms with Gasteiger partial charge in [-0.3, -0.25) is 18.4 Å². The molecule has 2 atom stereocenters. The minimum atomic E-state index is -5.45. The van der Waals surface area contributed by atoms with E-state index in [0.717, 1.165) is 30.4 Å². The van der Waals surface area contributed by atoms with E-state index in [1.165, 1.54) is 0 Å². The standard InChI is InChI=1S/C26H30F6NO5P.CH4/c27-25(28,29)16-37-39(36,38-17-26(30,31)32)24(35)22(33-23(34)21-9-5-2-6-10-21)15-18-11-13-20(14-12-18)19-7-3-1-4-8-19;/h1,3-4,7-8,11-14,21-22,24,35H,2,5-6,9-10,15-17H2,(H,33,34);1H4. The minimum Gasteiger partial charge on any atom is -0.379 e. The molecule has 0 aromatic heterocycles. The van der Waals surface area contributed by atoms with Gasteiger partial charge in [0.25, 0.3) is 0 Å². The van der Waals surface area contributed by atoms with Crippen LogP contribution in [0.2, 0.25) is 0 Å². The van der Waals surface area contributed by atoms with E-state index < -0.39 is 56.9 Å². The molecule has 0 aliphatic heterocycles. The van der Waals surface area contributed by atoms with E-state index in [1.807, 2.05) is 30.3 Å². The first-order valence-electron chi connectivity index (χ1n) is 12.4. The molecule has 2 aromatic rings. The Morgan fingerprint density at radius 2 is 1.38 bits per heavy atom. The number of benzene rings is 2. The number of hydrogen-bond donors (Lipinski definition) is 2. The molecule has 0 bridgehead atoms. The zero-order chi connectivity index (χ0) is 28.7. The maximum atomic E-state index is 13.2. The van der Waals surface area contributed by atoms with Crippen molar-refractivity contribution in [2.75, 3.05) is 13.2 Å². The van der Waals surface area contributed by atoms with Crippen molar-refractivity contribution >= 4 is 13.5 Å². The minimum absolute atomic E-state index is 0. The summed E-state index contributed by atoms with van der Waals surface area (Å²) in [6.07, 6.45) is -6.85. The second-order valence-corrected chi connectivity index (χ2v) is 11.6. The van der Waals surface area contributed by atoms with E-state index in [1.54, 1.807) is 24.3 Å². The van der Waals surface area contributed by atoms with Crippen molar-refractivity contribution in [2.45, 2.75) is 70.2 Å². The number of aliphatic hydroxyl groups is 1. The molecule has 6 nitrogen and oxygen atoms in total. The average Bonchev–Trinajstić information content (AvgIpc) is 2.90. The molecule has 0 radical (unpaired) electrons. The van der Waals surface area contributed by atoms with Crippen LogP contribution >= 0.6 is 7.60 Å². The van der Waals surface area contributed by atoms with Gasteiger partial charge in [-0.05, 0) is 36.0 Å². The van der Waals surface area contributed by atoms with Crippen LogP contribution < -0.4 is 5.32 Å². The first-order chi connectivity index (χ1) is 18.3. The molecule has 13 heteroatoms. The fourth-order valence-electron chi connectivity index (χ4n) is 4.35. The van der Waals surface area contributed by atoms with Gasteiger partial charge in [0.15, 0.2) is 19.1 Å². The summed E-state index contributed by atoms with van der Waals surface area (Å²) in [5.74, 6) is -3.51. The summed E-state index contributed by atoms with van der Waals surface area (Å²) in [6.45, 7) is -4.43. The molecular weight excluding hydrogens is 563 g/mol. The summed E-state index contributed by atoms with van der Waals surface area (Å²) >= 11 is 0. The van der Waals surface area contributed by atoms with Gasteiger partial charge >= 0.3 is 19.9 Å². The Bertz CT molecular complexity index is 1080. The van der Waals surface area contributed by atoms with Gasteiger partial charge < -0.3 is 10.4 Å². The first-order valence-corrected chi connectivity index (χ1v) is 14.0. The van der Waals surface area contributed by atoms with Gasteiger partial charge in [-0.1, -0.05) is 81.3 Å². The third-order valence-corrected chi connectivity index (χ3v) is 8.31. The zero-order valence-electron chi connectivity index (χ0n) is 20.9. The molecule has 2 aromatic carbocycles. The van der Waals surface area contributed by atoms with Gasteiger partial charge in [-0.2, -0.15) is 26.3 Å². The van der Waals surface area contributed by atoms with Crippen LogP contribution in [0.5, 0.6) is 0 Å². The molecular formula is C27H34F6NO5P. The van der Waals surface area contributed by atoms with Gasteiger partial charge in [0.1, 0.15) is 0 Å². The zero-order valence-corrected chi connectivity index (χ0v) is 21.8. The highest BCUT2D eigenvalue weighted by Gasteiger charge is 2.46. The van der Waals surface area contributed by atoms with Crippen LogP contribution in [0.4, 0.5) is 26.3 Å². The molecule has 0 spiro atoms. The lowest BCUT2D eigenvalue weighted by Gasteiger charge is -2.32. The van der Waals surface area contributed by atoms with Crippen LogP contribution in [-0.4, -0.2) is 48.5 Å². The fourth-order valence-corrected chi connectivity index (χ4v) is 6.00. The first kappa shape index (κ1) is 33.8. The van der Waals surface area contributed by atoms with Crippen LogP contribution in [0.3, 0.4) is 0 Å². The van der Waals surface area contributed by atoms with Crippen LogP contribution in [0.25, 0.3) is 11.1 Å². The monoisotopic (exact) mass is 597 g/mol. The number of carbonyl (C=O) groups is 1. The Morgan fingerprint density at radius 3 is 1.88 bits per heavy atom. The van der Waals surface area contributed by atoms with Crippen molar-refractivity contribution in [1.82, 2.24) is 5.32 Å². The number of carbonyl (C=O) groups excluding carboxylic acids is 1. The summed E-state index contributed by atoms with van der Waals surface area (Å²) in [7, 11) is -5.45. The molecule has 1 amide bonds. The lowest BCUT2D eigenvalue weighted by Crippen LogP contribution is -2.48. The molecule has 0 saturated heterocycles. The number of amides is 1. The summed E-state index contributed by atoms with van der Waals surface area (Å²) in [5, 5.41) is 13.4. The average molecular weight is 598 g/mol. The third-order valence-electron chi connectivity index (χ3n) is 6.32. The highest BCUT2D eigenvalue weighted by Crippen LogP contribution is 2.55. The van der Waals surface area contributed by atoms with Gasteiger partial charge in [0.05, 0.1) is 6.04 Å². The van der Waals surface area contributed by atoms with E-state index in [-0.39, 0.29) is 13.8 Å². The normalized spacial score (nSPS) is 16.6. The number of aliphatic hydroxyl groups excluding tert-OH is 1. The summed E-state index contributed by atoms with van der Waals surface area (Å²) in [4.78, 5) is 12.9. The Labute approximate surface area is 229 Å². The molecule has 1 saturated carbocycles. The smallest absolute Gasteiger partial charge is 0.379 e. The van der Waals surface area contributed by atoms with Gasteiger partial charge in [-0.15, -0.1) is 0 Å². The van der Waals surface area contributed by atoms with Crippen molar-refractivity contribution < 1.29 is 49.9 Å². The largest absolute Gasteiger partial charge is 0.412 e. The van der Waals surface area contributed by atoms with Gasteiger partial charge in [0.2, 0.25) is 5.91 Å². The summed E-state index contributed by atoms with van der Waals surface area (Å²) in [6, 6.07) is 14.4. The van der Waals surface area contributed by atoms with Crippen LogP contribution in [0.1, 0.15) is 45.1 Å². The number of hydrogen-bond acceptors (Lipinski definition) is 5. The number of halogens is 6. The van der Waals surface area contributed by atoms with Crippen LogP contribution in [0.15, 0.2) is 54.6 Å². The van der Waals surface area contributed by atoms with E-state index in [4.69, 9.17) is 0 Å². The Hall–Kier alpha value is -2.40. The number of rotatable bonds is 11. The van der Waals surface area contributed by atoms with E-state index in [2.05, 4.69) is 14.4 Å². The second-order valence-electron chi connectivity index (χ2n) is 9.45. The van der Waals surface area contributed by atoms with Crippen LogP contribution in [-0.2, 0) is 24.8 Å².